The first-order valence-corrected chi connectivity index (χ1v) is 8.71. The second-order valence-electron chi connectivity index (χ2n) is 5.63. The monoisotopic (exact) mass is 349 g/mol. The third-order valence-electron chi connectivity index (χ3n) is 3.84. The Morgan fingerprint density at radius 2 is 1.88 bits per heavy atom. The van der Waals surface area contributed by atoms with Crippen LogP contribution < -0.4 is 15.4 Å². The fourth-order valence-corrected chi connectivity index (χ4v) is 3.66. The molecule has 1 aliphatic rings. The summed E-state index contributed by atoms with van der Waals surface area (Å²) in [5.41, 5.74) is 2.68. The van der Waals surface area contributed by atoms with E-state index in [0.29, 0.717) is 5.69 Å². The number of hydrogen-bond acceptors (Lipinski definition) is 4. The van der Waals surface area contributed by atoms with Gasteiger partial charge in [0.2, 0.25) is 10.0 Å². The van der Waals surface area contributed by atoms with E-state index in [2.05, 4.69) is 15.4 Å². The van der Waals surface area contributed by atoms with Gasteiger partial charge < -0.3 is 10.6 Å². The molecule has 0 radical (unpaired) electrons. The SMILES string of the molecule is Cc1ccc(NC(=O)[C@@H]2Nc3cc(F)ccc3S(=O)(=O)N2)cc1C. The number of amides is 1. The largest absolute Gasteiger partial charge is 0.360 e. The Morgan fingerprint density at radius 1 is 1.12 bits per heavy atom. The molecule has 8 heteroatoms. The number of anilines is 2. The minimum absolute atomic E-state index is 0.0500. The summed E-state index contributed by atoms with van der Waals surface area (Å²) in [6.07, 6.45) is -1.23. The highest BCUT2D eigenvalue weighted by Crippen LogP contribution is 2.27. The van der Waals surface area contributed by atoms with Crippen LogP contribution in [0.4, 0.5) is 15.8 Å². The number of sulfonamides is 1. The first kappa shape index (κ1) is 16.4. The summed E-state index contributed by atoms with van der Waals surface area (Å²) in [4.78, 5) is 12.3. The Labute approximate surface area is 139 Å². The van der Waals surface area contributed by atoms with Gasteiger partial charge in [0.1, 0.15) is 10.7 Å². The van der Waals surface area contributed by atoms with Crippen LogP contribution in [0.2, 0.25) is 0 Å². The summed E-state index contributed by atoms with van der Waals surface area (Å²) in [7, 11) is -3.90. The first-order chi connectivity index (χ1) is 11.3. The van der Waals surface area contributed by atoms with Gasteiger partial charge in [-0.3, -0.25) is 4.79 Å². The molecule has 1 heterocycles. The van der Waals surface area contributed by atoms with Crippen LogP contribution in [0.15, 0.2) is 41.3 Å². The molecule has 0 spiro atoms. The van der Waals surface area contributed by atoms with Crippen LogP contribution in [0.25, 0.3) is 0 Å². The highest BCUT2D eigenvalue weighted by molar-refractivity contribution is 7.89. The number of hydrogen-bond donors (Lipinski definition) is 3. The van der Waals surface area contributed by atoms with E-state index in [4.69, 9.17) is 0 Å². The molecule has 0 aliphatic carbocycles. The van der Waals surface area contributed by atoms with Crippen LogP contribution in [-0.2, 0) is 14.8 Å². The Bertz CT molecular complexity index is 928. The molecular formula is C16H16FN3O3S. The third kappa shape index (κ3) is 3.10. The lowest BCUT2D eigenvalue weighted by Crippen LogP contribution is -2.51. The van der Waals surface area contributed by atoms with Gasteiger partial charge in [0.25, 0.3) is 5.91 Å². The number of halogens is 1. The molecule has 1 aliphatic heterocycles. The minimum Gasteiger partial charge on any atom is -0.360 e. The van der Waals surface area contributed by atoms with Crippen LogP contribution in [-0.4, -0.2) is 20.5 Å². The van der Waals surface area contributed by atoms with Crippen molar-refractivity contribution in [1.82, 2.24) is 4.72 Å². The second-order valence-corrected chi connectivity index (χ2v) is 7.31. The average molecular weight is 349 g/mol. The van der Waals surface area contributed by atoms with Gasteiger partial charge in [-0.05, 0) is 55.3 Å². The lowest BCUT2D eigenvalue weighted by Gasteiger charge is -2.27. The van der Waals surface area contributed by atoms with Crippen molar-refractivity contribution in [3.63, 3.8) is 0 Å². The zero-order valence-corrected chi connectivity index (χ0v) is 13.9. The average Bonchev–Trinajstić information content (AvgIpc) is 2.49. The summed E-state index contributed by atoms with van der Waals surface area (Å²) in [5.74, 6) is -1.18. The first-order valence-electron chi connectivity index (χ1n) is 7.23. The number of fused-ring (bicyclic) bond motifs is 1. The third-order valence-corrected chi connectivity index (χ3v) is 5.32. The highest BCUT2D eigenvalue weighted by atomic mass is 32.2. The predicted octanol–water partition coefficient (Wildman–Crippen LogP) is 2.11. The molecule has 24 heavy (non-hydrogen) atoms. The van der Waals surface area contributed by atoms with Crippen molar-refractivity contribution in [1.29, 1.82) is 0 Å². The van der Waals surface area contributed by atoms with Crippen molar-refractivity contribution in [2.75, 3.05) is 10.6 Å². The second kappa shape index (κ2) is 5.88. The number of rotatable bonds is 2. The summed E-state index contributed by atoms with van der Waals surface area (Å²) in [6.45, 7) is 3.86. The van der Waals surface area contributed by atoms with Gasteiger partial charge >= 0.3 is 0 Å². The quantitative estimate of drug-likeness (QED) is 0.775. The zero-order chi connectivity index (χ0) is 17.5. The number of benzene rings is 2. The number of carbonyl (C=O) groups is 1. The van der Waals surface area contributed by atoms with E-state index in [-0.39, 0.29) is 10.6 Å². The van der Waals surface area contributed by atoms with Crippen molar-refractivity contribution in [3.8, 4) is 0 Å². The van der Waals surface area contributed by atoms with Gasteiger partial charge in [-0.15, -0.1) is 0 Å². The summed E-state index contributed by atoms with van der Waals surface area (Å²) in [5, 5.41) is 5.34. The normalized spacial score (nSPS) is 18.4. The molecule has 1 atom stereocenters. The molecule has 2 aromatic carbocycles. The van der Waals surface area contributed by atoms with Crippen molar-refractivity contribution < 1.29 is 17.6 Å². The van der Waals surface area contributed by atoms with Crippen molar-refractivity contribution >= 4 is 27.3 Å². The Morgan fingerprint density at radius 3 is 2.58 bits per heavy atom. The fourth-order valence-electron chi connectivity index (χ4n) is 2.41. The smallest absolute Gasteiger partial charge is 0.262 e. The molecule has 0 unspecified atom stereocenters. The van der Waals surface area contributed by atoms with Gasteiger partial charge in [-0.1, -0.05) is 6.07 Å². The zero-order valence-electron chi connectivity index (χ0n) is 13.1. The molecule has 0 fully saturated rings. The molecule has 0 aromatic heterocycles. The molecule has 0 bridgehead atoms. The number of carbonyl (C=O) groups excluding carboxylic acids is 1. The topological polar surface area (TPSA) is 87.3 Å². The van der Waals surface area contributed by atoms with Gasteiger partial charge in [0, 0.05) is 5.69 Å². The van der Waals surface area contributed by atoms with Gasteiger partial charge in [0.15, 0.2) is 6.17 Å². The fraction of sp³-hybridized carbons (Fsp3) is 0.188. The van der Waals surface area contributed by atoms with Gasteiger partial charge in [0.05, 0.1) is 5.69 Å². The Kier molecular flexibility index (Phi) is 4.02. The van der Waals surface area contributed by atoms with E-state index in [9.17, 15) is 17.6 Å². The van der Waals surface area contributed by atoms with Crippen molar-refractivity contribution in [2.45, 2.75) is 24.9 Å². The molecule has 0 saturated heterocycles. The molecule has 6 nitrogen and oxygen atoms in total. The van der Waals surface area contributed by atoms with Crippen LogP contribution >= 0.6 is 0 Å². The van der Waals surface area contributed by atoms with E-state index in [1.54, 1.807) is 12.1 Å². The van der Waals surface area contributed by atoms with Crippen molar-refractivity contribution in [3.05, 3.63) is 53.3 Å². The minimum atomic E-state index is -3.90. The summed E-state index contributed by atoms with van der Waals surface area (Å²) >= 11 is 0. The van der Waals surface area contributed by atoms with E-state index < -0.39 is 27.9 Å². The molecule has 0 saturated carbocycles. The Balaban J connectivity index is 1.85. The molecule has 3 N–H and O–H groups in total. The number of nitrogens with one attached hydrogen (secondary N) is 3. The summed E-state index contributed by atoms with van der Waals surface area (Å²) in [6, 6.07) is 8.62. The van der Waals surface area contributed by atoms with Gasteiger partial charge in [-0.25, -0.2) is 12.8 Å². The molecule has 126 valence electrons. The maximum absolute atomic E-state index is 13.3. The van der Waals surface area contributed by atoms with E-state index in [1.165, 1.54) is 0 Å². The highest BCUT2D eigenvalue weighted by Gasteiger charge is 2.33. The lowest BCUT2D eigenvalue weighted by atomic mass is 10.1. The van der Waals surface area contributed by atoms with Crippen LogP contribution in [0.3, 0.4) is 0 Å². The maximum Gasteiger partial charge on any atom is 0.262 e. The van der Waals surface area contributed by atoms with Crippen molar-refractivity contribution in [2.24, 2.45) is 0 Å². The summed E-state index contributed by atoms with van der Waals surface area (Å²) < 4.78 is 40.0. The molecule has 1 amide bonds. The Hall–Kier alpha value is -2.45. The molecular weight excluding hydrogens is 333 g/mol. The van der Waals surface area contributed by atoms with E-state index in [1.807, 2.05) is 19.9 Å². The van der Waals surface area contributed by atoms with E-state index in [0.717, 1.165) is 29.3 Å². The predicted molar refractivity (Wildman–Crippen MR) is 88.7 cm³/mol. The standard InChI is InChI=1S/C16H16FN3O3S/c1-9-3-5-12(7-10(9)2)18-16(21)15-19-13-8-11(17)4-6-14(13)24(22,23)20-15/h3-8,15,19-20H,1-2H3,(H,18,21)/t15-/m1/s1. The van der Waals surface area contributed by atoms with Crippen LogP contribution in [0, 0.1) is 19.7 Å². The number of aryl methyl sites for hydroxylation is 2. The van der Waals surface area contributed by atoms with Gasteiger partial charge in [-0.2, -0.15) is 4.72 Å². The molecule has 2 aromatic rings. The van der Waals surface area contributed by atoms with E-state index >= 15 is 0 Å². The lowest BCUT2D eigenvalue weighted by molar-refractivity contribution is -0.117. The van der Waals surface area contributed by atoms with Crippen LogP contribution in [0.5, 0.6) is 0 Å². The molecule has 3 rings (SSSR count). The maximum atomic E-state index is 13.3. The van der Waals surface area contributed by atoms with Crippen LogP contribution in [0.1, 0.15) is 11.1 Å².